The lowest BCUT2D eigenvalue weighted by Gasteiger charge is -2.35. The number of piperazine rings is 1. The number of nitrogens with one attached hydrogen (secondary N) is 1. The van der Waals surface area contributed by atoms with Crippen LogP contribution in [0.4, 0.5) is 4.79 Å². The first-order valence-corrected chi connectivity index (χ1v) is 10.6. The molecular weight excluding hydrogens is 400 g/mol. The Morgan fingerprint density at radius 3 is 2.47 bits per heavy atom. The van der Waals surface area contributed by atoms with Crippen LogP contribution in [-0.4, -0.2) is 57.6 Å². The van der Waals surface area contributed by atoms with Crippen molar-refractivity contribution in [2.45, 2.75) is 32.9 Å². The fraction of sp³-hybridized carbons (Fsp3) is 0.391. The first-order chi connectivity index (χ1) is 14.3. The van der Waals surface area contributed by atoms with Crippen molar-refractivity contribution in [2.24, 2.45) is 0 Å². The van der Waals surface area contributed by atoms with E-state index >= 15 is 0 Å². The molecule has 1 aromatic carbocycles. The second kappa shape index (κ2) is 8.28. The van der Waals surface area contributed by atoms with Gasteiger partial charge in [-0.25, -0.2) is 9.78 Å². The molecule has 1 aliphatic heterocycles. The fourth-order valence-electron chi connectivity index (χ4n) is 3.61. The van der Waals surface area contributed by atoms with Crippen molar-refractivity contribution >= 4 is 28.7 Å². The van der Waals surface area contributed by atoms with Crippen LogP contribution in [0.2, 0.25) is 5.02 Å². The molecule has 6 nitrogen and oxygen atoms in total. The van der Waals surface area contributed by atoms with Gasteiger partial charge in [-0.1, -0.05) is 35.9 Å². The first-order valence-electron chi connectivity index (χ1n) is 10.2. The smallest absolute Gasteiger partial charge is 0.410 e. The minimum absolute atomic E-state index is 0.223. The highest BCUT2D eigenvalue weighted by atomic mass is 35.5. The third kappa shape index (κ3) is 4.77. The standard InChI is InChI=1S/C23H27ClN4O2/c1-23(2,3)30-22(29)28-12-10-27(11-13-28)15-16-4-6-17(7-5-16)20-14-18-19(24)8-9-25-21(18)26-20/h4-9,14H,10-13,15H2,1-3H3,(H,25,26). The Kier molecular flexibility index (Phi) is 5.71. The molecule has 1 saturated heterocycles. The Morgan fingerprint density at radius 2 is 1.83 bits per heavy atom. The van der Waals surface area contributed by atoms with E-state index in [1.165, 1.54) is 5.56 Å². The number of carbonyl (C=O) groups excluding carboxylic acids is 1. The van der Waals surface area contributed by atoms with Gasteiger partial charge in [0.2, 0.25) is 0 Å². The molecule has 2 aromatic heterocycles. The van der Waals surface area contributed by atoms with Crippen LogP contribution in [0.25, 0.3) is 22.3 Å². The maximum atomic E-state index is 12.2. The molecule has 1 N–H and O–H groups in total. The maximum absolute atomic E-state index is 12.2. The summed E-state index contributed by atoms with van der Waals surface area (Å²) in [6, 6.07) is 12.4. The molecule has 1 amide bonds. The van der Waals surface area contributed by atoms with Gasteiger partial charge in [-0.2, -0.15) is 0 Å². The number of nitrogens with zero attached hydrogens (tertiary/aromatic N) is 3. The molecule has 3 aromatic rings. The summed E-state index contributed by atoms with van der Waals surface area (Å²) in [5, 5.41) is 1.63. The van der Waals surface area contributed by atoms with E-state index in [9.17, 15) is 4.79 Å². The molecule has 1 aliphatic rings. The summed E-state index contributed by atoms with van der Waals surface area (Å²) in [4.78, 5) is 24.0. The van der Waals surface area contributed by atoms with Crippen molar-refractivity contribution in [1.29, 1.82) is 0 Å². The Labute approximate surface area is 181 Å². The van der Waals surface area contributed by atoms with Gasteiger partial charge in [0.15, 0.2) is 0 Å². The van der Waals surface area contributed by atoms with Crippen LogP contribution in [0, 0.1) is 0 Å². The Bertz CT molecular complexity index is 1030. The molecule has 0 bridgehead atoms. The zero-order chi connectivity index (χ0) is 21.3. The zero-order valence-corrected chi connectivity index (χ0v) is 18.4. The Balaban J connectivity index is 1.35. The van der Waals surface area contributed by atoms with Crippen molar-refractivity contribution in [3.05, 3.63) is 53.2 Å². The van der Waals surface area contributed by atoms with Gasteiger partial charge in [-0.05, 0) is 44.0 Å². The van der Waals surface area contributed by atoms with Crippen molar-refractivity contribution < 1.29 is 9.53 Å². The van der Waals surface area contributed by atoms with Crippen LogP contribution >= 0.6 is 11.6 Å². The molecular formula is C23H27ClN4O2. The molecule has 0 atom stereocenters. The lowest BCUT2D eigenvalue weighted by Crippen LogP contribution is -2.49. The Hall–Kier alpha value is -2.57. The van der Waals surface area contributed by atoms with E-state index in [2.05, 4.69) is 39.1 Å². The van der Waals surface area contributed by atoms with Crippen LogP contribution < -0.4 is 0 Å². The molecule has 0 unspecified atom stereocenters. The van der Waals surface area contributed by atoms with Crippen molar-refractivity contribution in [1.82, 2.24) is 19.8 Å². The quantitative estimate of drug-likeness (QED) is 0.644. The predicted molar refractivity (Wildman–Crippen MR) is 120 cm³/mol. The summed E-state index contributed by atoms with van der Waals surface area (Å²) >= 11 is 6.25. The van der Waals surface area contributed by atoms with Gasteiger partial charge in [0.1, 0.15) is 11.2 Å². The monoisotopic (exact) mass is 426 g/mol. The van der Waals surface area contributed by atoms with E-state index in [4.69, 9.17) is 16.3 Å². The van der Waals surface area contributed by atoms with Gasteiger partial charge in [0.25, 0.3) is 0 Å². The molecule has 7 heteroatoms. The number of pyridine rings is 1. The Morgan fingerprint density at radius 1 is 1.13 bits per heavy atom. The van der Waals surface area contributed by atoms with Crippen molar-refractivity contribution in [3.8, 4) is 11.3 Å². The van der Waals surface area contributed by atoms with Crippen LogP contribution in [0.3, 0.4) is 0 Å². The third-order valence-electron chi connectivity index (χ3n) is 5.17. The minimum Gasteiger partial charge on any atom is -0.444 e. The maximum Gasteiger partial charge on any atom is 0.410 e. The number of halogens is 1. The molecule has 158 valence electrons. The third-order valence-corrected chi connectivity index (χ3v) is 5.50. The van der Waals surface area contributed by atoms with Gasteiger partial charge >= 0.3 is 6.09 Å². The molecule has 3 heterocycles. The number of aromatic nitrogens is 2. The van der Waals surface area contributed by atoms with Gasteiger partial charge < -0.3 is 14.6 Å². The number of hydrogen-bond acceptors (Lipinski definition) is 4. The summed E-state index contributed by atoms with van der Waals surface area (Å²) in [6.07, 6.45) is 1.48. The minimum atomic E-state index is -0.456. The highest BCUT2D eigenvalue weighted by Crippen LogP contribution is 2.28. The number of fused-ring (bicyclic) bond motifs is 1. The number of rotatable bonds is 3. The summed E-state index contributed by atoms with van der Waals surface area (Å²) in [5.74, 6) is 0. The lowest BCUT2D eigenvalue weighted by molar-refractivity contribution is 0.0139. The number of ether oxygens (including phenoxy) is 1. The van der Waals surface area contributed by atoms with Gasteiger partial charge in [0.05, 0.1) is 5.02 Å². The van der Waals surface area contributed by atoms with Crippen LogP contribution in [0.1, 0.15) is 26.3 Å². The van der Waals surface area contributed by atoms with Crippen molar-refractivity contribution in [3.63, 3.8) is 0 Å². The highest BCUT2D eigenvalue weighted by Gasteiger charge is 2.25. The topological polar surface area (TPSA) is 61.5 Å². The molecule has 0 radical (unpaired) electrons. The molecule has 0 spiro atoms. The number of aromatic amines is 1. The van der Waals surface area contributed by atoms with Crippen molar-refractivity contribution in [2.75, 3.05) is 26.2 Å². The van der Waals surface area contributed by atoms with E-state index in [0.717, 1.165) is 41.9 Å². The highest BCUT2D eigenvalue weighted by molar-refractivity contribution is 6.35. The number of H-pyrrole nitrogens is 1. The molecule has 0 aliphatic carbocycles. The summed E-state index contributed by atoms with van der Waals surface area (Å²) in [6.45, 7) is 9.61. The van der Waals surface area contributed by atoms with E-state index in [1.54, 1.807) is 17.2 Å². The second-order valence-corrected chi connectivity index (χ2v) is 9.09. The van der Waals surface area contributed by atoms with Gasteiger partial charge in [0, 0.05) is 50.0 Å². The fourth-order valence-corrected chi connectivity index (χ4v) is 3.81. The average Bonchev–Trinajstić information content (AvgIpc) is 3.13. The van der Waals surface area contributed by atoms with Crippen LogP contribution in [0.5, 0.6) is 0 Å². The average molecular weight is 427 g/mol. The lowest BCUT2D eigenvalue weighted by atomic mass is 10.1. The zero-order valence-electron chi connectivity index (χ0n) is 17.6. The summed E-state index contributed by atoms with van der Waals surface area (Å²) in [7, 11) is 0. The normalized spacial score (nSPS) is 15.5. The van der Waals surface area contributed by atoms with Gasteiger partial charge in [-0.15, -0.1) is 0 Å². The van der Waals surface area contributed by atoms with E-state index in [-0.39, 0.29) is 6.09 Å². The summed E-state index contributed by atoms with van der Waals surface area (Å²) in [5.41, 5.74) is 3.69. The predicted octanol–water partition coefficient (Wildman–Crippen LogP) is 4.94. The molecule has 0 saturated carbocycles. The second-order valence-electron chi connectivity index (χ2n) is 8.68. The van der Waals surface area contributed by atoms with Crippen LogP contribution in [0.15, 0.2) is 42.6 Å². The SMILES string of the molecule is CC(C)(C)OC(=O)N1CCN(Cc2ccc(-c3cc4c(Cl)ccnc4[nH]3)cc2)CC1. The molecule has 30 heavy (non-hydrogen) atoms. The largest absolute Gasteiger partial charge is 0.444 e. The van der Waals surface area contributed by atoms with Crippen LogP contribution in [-0.2, 0) is 11.3 Å². The number of carbonyl (C=O) groups is 1. The summed E-state index contributed by atoms with van der Waals surface area (Å²) < 4.78 is 5.47. The van der Waals surface area contributed by atoms with E-state index in [0.29, 0.717) is 18.1 Å². The number of hydrogen-bond donors (Lipinski definition) is 1. The van der Waals surface area contributed by atoms with E-state index < -0.39 is 5.60 Å². The molecule has 1 fully saturated rings. The first kappa shape index (κ1) is 20.7. The van der Waals surface area contributed by atoms with E-state index in [1.807, 2.05) is 26.8 Å². The molecule has 4 rings (SSSR count). The van der Waals surface area contributed by atoms with Gasteiger partial charge in [-0.3, -0.25) is 4.90 Å². The number of amides is 1. The number of benzene rings is 1.